The number of anilines is 1. The van der Waals surface area contributed by atoms with E-state index in [4.69, 9.17) is 14.0 Å². The molecule has 0 atom stereocenters. The van der Waals surface area contributed by atoms with E-state index in [0.29, 0.717) is 31.9 Å². The quantitative estimate of drug-likeness (QED) is 0.549. The molecule has 2 aromatic heterocycles. The summed E-state index contributed by atoms with van der Waals surface area (Å²) in [6.45, 7) is 1.85. The number of carbonyl (C=O) groups is 1. The number of halogens is 1. The van der Waals surface area contributed by atoms with Crippen LogP contribution < -0.4 is 9.04 Å². The van der Waals surface area contributed by atoms with Crippen molar-refractivity contribution in [2.75, 3.05) is 43.8 Å². The minimum Gasteiger partial charge on any atom is -0.474 e. The summed E-state index contributed by atoms with van der Waals surface area (Å²) in [6.07, 6.45) is 1.39. The molecular formula is C20H18FN5O6S. The zero-order valence-corrected chi connectivity index (χ0v) is 18.0. The molecule has 0 N–H and O–H groups in total. The Morgan fingerprint density at radius 1 is 1.06 bits per heavy atom. The second-order valence-corrected chi connectivity index (χ2v) is 9.12. The molecule has 0 radical (unpaired) electrons. The van der Waals surface area contributed by atoms with E-state index in [0.717, 1.165) is 16.4 Å². The van der Waals surface area contributed by atoms with Crippen LogP contribution in [0.5, 0.6) is 5.88 Å². The van der Waals surface area contributed by atoms with Crippen LogP contribution >= 0.6 is 0 Å². The average molecular weight is 475 g/mol. The highest BCUT2D eigenvalue weighted by Crippen LogP contribution is 2.36. The molecule has 2 aliphatic rings. The number of pyridine rings is 1. The number of ether oxygens (including phenoxy) is 2. The molecule has 0 aliphatic carbocycles. The van der Waals surface area contributed by atoms with Crippen molar-refractivity contribution in [3.8, 4) is 17.3 Å². The number of amides is 1. The smallest absolute Gasteiger partial charge is 0.295 e. The zero-order valence-electron chi connectivity index (χ0n) is 17.2. The number of aromatic nitrogens is 3. The molecule has 0 saturated carbocycles. The first-order chi connectivity index (χ1) is 15.9. The first-order valence-electron chi connectivity index (χ1n) is 10.1. The molecule has 3 aromatic rings. The van der Waals surface area contributed by atoms with Gasteiger partial charge in [0.1, 0.15) is 18.1 Å². The standard InChI is InChI=1S/C20H18FN5O6S/c21-14-1-3-15(4-2-14)33(28,29)26-7-10-31-19-16(26)11-13(12-22-19)18-23-17(24-32-18)20(27)25-5-8-30-9-6-25/h1-4,11-12H,5-10H2. The number of morpholine rings is 1. The number of sulfonamides is 1. The second kappa shape index (κ2) is 8.41. The maximum Gasteiger partial charge on any atom is 0.295 e. The normalized spacial score (nSPS) is 16.3. The molecule has 172 valence electrons. The molecule has 0 bridgehead atoms. The molecule has 33 heavy (non-hydrogen) atoms. The Bertz CT molecular complexity index is 1290. The van der Waals surface area contributed by atoms with E-state index in [2.05, 4.69) is 15.1 Å². The first kappa shape index (κ1) is 21.3. The van der Waals surface area contributed by atoms with Gasteiger partial charge in [-0.05, 0) is 30.3 Å². The summed E-state index contributed by atoms with van der Waals surface area (Å²) in [6, 6.07) is 6.03. The van der Waals surface area contributed by atoms with E-state index < -0.39 is 15.8 Å². The molecule has 1 fully saturated rings. The van der Waals surface area contributed by atoms with Crippen LogP contribution in [0.1, 0.15) is 10.6 Å². The summed E-state index contributed by atoms with van der Waals surface area (Å²) < 4.78 is 56.8. The molecule has 11 nitrogen and oxygen atoms in total. The van der Waals surface area contributed by atoms with E-state index >= 15 is 0 Å². The van der Waals surface area contributed by atoms with Crippen molar-refractivity contribution in [1.29, 1.82) is 0 Å². The van der Waals surface area contributed by atoms with Gasteiger partial charge in [0, 0.05) is 19.3 Å². The predicted molar refractivity (Wildman–Crippen MR) is 111 cm³/mol. The number of benzene rings is 1. The summed E-state index contributed by atoms with van der Waals surface area (Å²) in [5.74, 6) is -0.926. The Morgan fingerprint density at radius 3 is 2.58 bits per heavy atom. The third kappa shape index (κ3) is 4.00. The van der Waals surface area contributed by atoms with Crippen LogP contribution in [-0.2, 0) is 14.8 Å². The van der Waals surface area contributed by atoms with Gasteiger partial charge >= 0.3 is 0 Å². The first-order valence-corrected chi connectivity index (χ1v) is 11.5. The third-order valence-corrected chi connectivity index (χ3v) is 7.03. The summed E-state index contributed by atoms with van der Waals surface area (Å²) in [5, 5.41) is 3.76. The van der Waals surface area contributed by atoms with Crippen molar-refractivity contribution >= 4 is 21.6 Å². The van der Waals surface area contributed by atoms with Gasteiger partial charge in [0.25, 0.3) is 27.6 Å². The minimum atomic E-state index is -4.01. The van der Waals surface area contributed by atoms with Crippen LogP contribution in [0.3, 0.4) is 0 Å². The van der Waals surface area contributed by atoms with Gasteiger partial charge in [-0.15, -0.1) is 0 Å². The number of hydrogen-bond donors (Lipinski definition) is 0. The predicted octanol–water partition coefficient (Wildman–Crippen LogP) is 1.33. The van der Waals surface area contributed by atoms with Crippen LogP contribution in [0, 0.1) is 5.82 Å². The molecule has 4 heterocycles. The number of hydrogen-bond acceptors (Lipinski definition) is 9. The Morgan fingerprint density at radius 2 is 1.82 bits per heavy atom. The van der Waals surface area contributed by atoms with E-state index in [9.17, 15) is 17.6 Å². The zero-order chi connectivity index (χ0) is 23.0. The fourth-order valence-electron chi connectivity index (χ4n) is 3.51. The van der Waals surface area contributed by atoms with Gasteiger partial charge < -0.3 is 18.9 Å². The van der Waals surface area contributed by atoms with E-state index in [-0.39, 0.29) is 47.2 Å². The summed E-state index contributed by atoms with van der Waals surface area (Å²) >= 11 is 0. The van der Waals surface area contributed by atoms with Crippen molar-refractivity contribution in [3.05, 3.63) is 48.2 Å². The fourth-order valence-corrected chi connectivity index (χ4v) is 4.95. The Kier molecular flexibility index (Phi) is 5.42. The second-order valence-electron chi connectivity index (χ2n) is 7.26. The maximum atomic E-state index is 13.3. The average Bonchev–Trinajstić information content (AvgIpc) is 3.34. The summed E-state index contributed by atoms with van der Waals surface area (Å²) in [4.78, 5) is 22.4. The lowest BCUT2D eigenvalue weighted by Gasteiger charge is -2.29. The van der Waals surface area contributed by atoms with Gasteiger partial charge in [-0.25, -0.2) is 17.8 Å². The van der Waals surface area contributed by atoms with E-state index in [1.807, 2.05) is 0 Å². The number of nitrogens with zero attached hydrogens (tertiary/aromatic N) is 5. The van der Waals surface area contributed by atoms with Crippen LogP contribution in [0.25, 0.3) is 11.5 Å². The molecule has 0 spiro atoms. The van der Waals surface area contributed by atoms with Crippen molar-refractivity contribution in [2.45, 2.75) is 4.90 Å². The van der Waals surface area contributed by atoms with E-state index in [1.54, 1.807) is 4.90 Å². The largest absolute Gasteiger partial charge is 0.474 e. The Balaban J connectivity index is 1.46. The van der Waals surface area contributed by atoms with Crippen molar-refractivity contribution in [1.82, 2.24) is 20.0 Å². The minimum absolute atomic E-state index is 0.00612. The highest BCUT2D eigenvalue weighted by Gasteiger charge is 2.32. The molecule has 1 aromatic carbocycles. The molecule has 0 unspecified atom stereocenters. The lowest BCUT2D eigenvalue weighted by atomic mass is 10.2. The number of carbonyl (C=O) groups excluding carboxylic acids is 1. The summed E-state index contributed by atoms with van der Waals surface area (Å²) in [7, 11) is -4.01. The highest BCUT2D eigenvalue weighted by atomic mass is 32.2. The third-order valence-electron chi connectivity index (χ3n) is 5.20. The molecule has 5 rings (SSSR count). The monoisotopic (exact) mass is 475 g/mol. The Hall–Kier alpha value is -3.58. The highest BCUT2D eigenvalue weighted by molar-refractivity contribution is 7.92. The van der Waals surface area contributed by atoms with Gasteiger partial charge in [-0.3, -0.25) is 9.10 Å². The van der Waals surface area contributed by atoms with Gasteiger partial charge in [0.15, 0.2) is 0 Å². The number of rotatable bonds is 4. The van der Waals surface area contributed by atoms with Crippen LogP contribution in [0.15, 0.2) is 45.9 Å². The fraction of sp³-hybridized carbons (Fsp3) is 0.300. The summed E-state index contributed by atoms with van der Waals surface area (Å²) in [5.41, 5.74) is 0.481. The van der Waals surface area contributed by atoms with Gasteiger partial charge in [0.2, 0.25) is 5.88 Å². The van der Waals surface area contributed by atoms with Gasteiger partial charge in [-0.1, -0.05) is 5.16 Å². The number of fused-ring (bicyclic) bond motifs is 1. The molecule has 1 saturated heterocycles. The Labute approximate surface area is 187 Å². The molecule has 13 heteroatoms. The molecule has 1 amide bonds. The van der Waals surface area contributed by atoms with Gasteiger partial charge in [0.05, 0.1) is 30.2 Å². The molecule has 2 aliphatic heterocycles. The maximum absolute atomic E-state index is 13.3. The molecular weight excluding hydrogens is 457 g/mol. The van der Waals surface area contributed by atoms with Gasteiger partial charge in [-0.2, -0.15) is 4.98 Å². The van der Waals surface area contributed by atoms with Crippen molar-refractivity contribution in [3.63, 3.8) is 0 Å². The van der Waals surface area contributed by atoms with Crippen molar-refractivity contribution in [2.24, 2.45) is 0 Å². The van der Waals surface area contributed by atoms with Crippen LogP contribution in [0.2, 0.25) is 0 Å². The SMILES string of the molecule is O=C(c1noc(-c2cnc3c(c2)N(S(=O)(=O)c2ccc(F)cc2)CCO3)n1)N1CCOCC1. The van der Waals surface area contributed by atoms with Crippen LogP contribution in [0.4, 0.5) is 10.1 Å². The lowest BCUT2D eigenvalue weighted by molar-refractivity contribution is 0.0293. The van der Waals surface area contributed by atoms with Crippen LogP contribution in [-0.4, -0.2) is 73.8 Å². The topological polar surface area (TPSA) is 128 Å². The van der Waals surface area contributed by atoms with E-state index in [1.165, 1.54) is 24.4 Å². The van der Waals surface area contributed by atoms with Crippen molar-refractivity contribution < 1.29 is 31.6 Å². The lowest BCUT2D eigenvalue weighted by Crippen LogP contribution is -2.41.